The fourth-order valence-electron chi connectivity index (χ4n) is 2.69. The van der Waals surface area contributed by atoms with Crippen LogP contribution in [0.25, 0.3) is 0 Å². The molecular formula is C15H16OS. The lowest BCUT2D eigenvalue weighted by atomic mass is 9.71. The molecule has 0 spiro atoms. The van der Waals surface area contributed by atoms with Gasteiger partial charge in [-0.1, -0.05) is 42.0 Å². The van der Waals surface area contributed by atoms with E-state index in [2.05, 4.69) is 18.2 Å². The van der Waals surface area contributed by atoms with Crippen molar-refractivity contribution in [3.05, 3.63) is 54.1 Å². The highest BCUT2D eigenvalue weighted by Crippen LogP contribution is 2.46. The second-order valence-electron chi connectivity index (χ2n) is 4.74. The van der Waals surface area contributed by atoms with Crippen molar-refractivity contribution in [2.24, 2.45) is 11.8 Å². The van der Waals surface area contributed by atoms with Gasteiger partial charge in [0.25, 0.3) is 0 Å². The molecule has 1 aromatic carbocycles. The molecule has 88 valence electrons. The zero-order valence-corrected chi connectivity index (χ0v) is 10.5. The number of fused-ring (bicyclic) bond motifs is 1. The van der Waals surface area contributed by atoms with Gasteiger partial charge >= 0.3 is 0 Å². The van der Waals surface area contributed by atoms with E-state index in [1.54, 1.807) is 0 Å². The van der Waals surface area contributed by atoms with Crippen LogP contribution in [0.3, 0.4) is 0 Å². The Balaban J connectivity index is 1.62. The van der Waals surface area contributed by atoms with Crippen LogP contribution in [-0.4, -0.2) is 9.96 Å². The Bertz CT molecular complexity index is 487. The molecule has 3 unspecified atom stereocenters. The molecule has 1 aromatic rings. The fraction of sp³-hybridized carbons (Fsp3) is 0.333. The Hall–Kier alpha value is -1.15. The summed E-state index contributed by atoms with van der Waals surface area (Å²) in [5, 5.41) is 0. The van der Waals surface area contributed by atoms with Crippen molar-refractivity contribution in [1.82, 2.24) is 0 Å². The normalized spacial score (nSPS) is 30.0. The van der Waals surface area contributed by atoms with E-state index in [9.17, 15) is 4.21 Å². The summed E-state index contributed by atoms with van der Waals surface area (Å²) in [7, 11) is -0.876. The molecule has 0 aliphatic heterocycles. The third kappa shape index (κ3) is 2.14. The first-order valence-electron chi connectivity index (χ1n) is 6.13. The van der Waals surface area contributed by atoms with E-state index in [-0.39, 0.29) is 0 Å². The molecule has 0 heterocycles. The van der Waals surface area contributed by atoms with Gasteiger partial charge in [-0.25, -0.2) is 0 Å². The van der Waals surface area contributed by atoms with Crippen molar-refractivity contribution in [2.45, 2.75) is 17.7 Å². The van der Waals surface area contributed by atoms with Gasteiger partial charge in [0, 0.05) is 10.6 Å². The van der Waals surface area contributed by atoms with E-state index in [0.717, 1.165) is 16.7 Å². The lowest BCUT2D eigenvalue weighted by molar-refractivity contribution is 0.365. The number of hydrogen-bond acceptors (Lipinski definition) is 1. The fourth-order valence-corrected chi connectivity index (χ4v) is 3.71. The molecular weight excluding hydrogens is 228 g/mol. The van der Waals surface area contributed by atoms with Crippen molar-refractivity contribution in [2.75, 3.05) is 5.75 Å². The van der Waals surface area contributed by atoms with Crippen molar-refractivity contribution in [1.29, 1.82) is 0 Å². The number of benzene rings is 1. The van der Waals surface area contributed by atoms with E-state index in [1.165, 1.54) is 18.4 Å². The minimum Gasteiger partial charge on any atom is -0.254 e. The summed E-state index contributed by atoms with van der Waals surface area (Å²) >= 11 is 0. The maximum atomic E-state index is 12.0. The van der Waals surface area contributed by atoms with Gasteiger partial charge in [0.1, 0.15) is 0 Å². The highest BCUT2D eigenvalue weighted by Gasteiger charge is 2.35. The molecule has 17 heavy (non-hydrogen) atoms. The predicted octanol–water partition coefficient (Wildman–Crippen LogP) is 3.32. The summed E-state index contributed by atoms with van der Waals surface area (Å²) in [6.07, 6.45) is 9.19. The standard InChI is InChI=1S/C15H16OS/c16-17(14-6-2-1-3-7-14)10-9-13-11-12-5-4-8-15(12)13/h1-7,9,12,15H,8,10-11H2/b13-9-. The summed E-state index contributed by atoms with van der Waals surface area (Å²) in [5.74, 6) is 2.19. The quantitative estimate of drug-likeness (QED) is 0.745. The number of allylic oxidation sites excluding steroid dienone is 3. The average molecular weight is 244 g/mol. The van der Waals surface area contributed by atoms with E-state index in [1.807, 2.05) is 30.3 Å². The van der Waals surface area contributed by atoms with Crippen LogP contribution in [0.1, 0.15) is 12.8 Å². The van der Waals surface area contributed by atoms with Crippen LogP contribution in [0.4, 0.5) is 0 Å². The van der Waals surface area contributed by atoms with Crippen LogP contribution >= 0.6 is 0 Å². The molecule has 1 saturated carbocycles. The first kappa shape index (κ1) is 11.0. The van der Waals surface area contributed by atoms with Crippen LogP contribution in [0.15, 0.2) is 59.0 Å². The minimum atomic E-state index is -0.876. The highest BCUT2D eigenvalue weighted by atomic mass is 32.2. The van der Waals surface area contributed by atoms with Crippen LogP contribution in [0.5, 0.6) is 0 Å². The second-order valence-corrected chi connectivity index (χ2v) is 6.24. The monoisotopic (exact) mass is 244 g/mol. The zero-order valence-electron chi connectivity index (χ0n) is 9.71. The molecule has 0 bridgehead atoms. The third-order valence-corrected chi connectivity index (χ3v) is 5.01. The third-order valence-electron chi connectivity index (χ3n) is 3.74. The molecule has 1 nitrogen and oxygen atoms in total. The van der Waals surface area contributed by atoms with Gasteiger partial charge in [-0.3, -0.25) is 4.21 Å². The molecule has 0 amide bonds. The van der Waals surface area contributed by atoms with Gasteiger partial charge in [-0.2, -0.15) is 0 Å². The lowest BCUT2D eigenvalue weighted by Crippen LogP contribution is -2.24. The van der Waals surface area contributed by atoms with Gasteiger partial charge in [0.05, 0.1) is 10.8 Å². The molecule has 2 aliphatic rings. The van der Waals surface area contributed by atoms with Crippen molar-refractivity contribution in [3.63, 3.8) is 0 Å². The summed E-state index contributed by atoms with van der Waals surface area (Å²) in [6, 6.07) is 9.73. The van der Waals surface area contributed by atoms with Gasteiger partial charge < -0.3 is 0 Å². The van der Waals surface area contributed by atoms with E-state index < -0.39 is 10.8 Å². The van der Waals surface area contributed by atoms with Crippen LogP contribution in [0.2, 0.25) is 0 Å². The van der Waals surface area contributed by atoms with Gasteiger partial charge in [-0.15, -0.1) is 0 Å². The Morgan fingerprint density at radius 2 is 2.12 bits per heavy atom. The van der Waals surface area contributed by atoms with Crippen molar-refractivity contribution in [3.8, 4) is 0 Å². The van der Waals surface area contributed by atoms with Gasteiger partial charge in [0.15, 0.2) is 0 Å². The van der Waals surface area contributed by atoms with E-state index in [0.29, 0.717) is 5.75 Å². The van der Waals surface area contributed by atoms with Crippen molar-refractivity contribution < 1.29 is 4.21 Å². The average Bonchev–Trinajstić information content (AvgIpc) is 2.72. The Kier molecular flexibility index (Phi) is 2.98. The smallest absolute Gasteiger partial charge is 0.0568 e. The van der Waals surface area contributed by atoms with E-state index in [4.69, 9.17) is 0 Å². The van der Waals surface area contributed by atoms with Crippen LogP contribution in [-0.2, 0) is 10.8 Å². The summed E-state index contributed by atoms with van der Waals surface area (Å²) < 4.78 is 12.0. The lowest BCUT2D eigenvalue weighted by Gasteiger charge is -2.34. The molecule has 2 aliphatic carbocycles. The van der Waals surface area contributed by atoms with Gasteiger partial charge in [-0.05, 0) is 36.8 Å². The number of rotatable bonds is 3. The Morgan fingerprint density at radius 1 is 1.29 bits per heavy atom. The van der Waals surface area contributed by atoms with Crippen LogP contribution in [0, 0.1) is 11.8 Å². The minimum absolute atomic E-state index is 0.669. The molecule has 0 radical (unpaired) electrons. The molecule has 1 fully saturated rings. The molecule has 0 saturated heterocycles. The molecule has 0 aromatic heterocycles. The summed E-state index contributed by atoms with van der Waals surface area (Å²) in [6.45, 7) is 0. The predicted molar refractivity (Wildman–Crippen MR) is 71.2 cm³/mol. The second kappa shape index (κ2) is 4.61. The van der Waals surface area contributed by atoms with E-state index >= 15 is 0 Å². The van der Waals surface area contributed by atoms with Gasteiger partial charge in [0.2, 0.25) is 0 Å². The zero-order chi connectivity index (χ0) is 11.7. The largest absolute Gasteiger partial charge is 0.254 e. The first-order chi connectivity index (χ1) is 8.34. The van der Waals surface area contributed by atoms with Crippen LogP contribution < -0.4 is 0 Å². The molecule has 3 atom stereocenters. The summed E-state index contributed by atoms with van der Waals surface area (Å²) in [4.78, 5) is 0.935. The summed E-state index contributed by atoms with van der Waals surface area (Å²) in [5.41, 5.74) is 1.52. The number of hydrogen-bond donors (Lipinski definition) is 0. The molecule has 3 rings (SSSR count). The Labute approximate surface area is 105 Å². The first-order valence-corrected chi connectivity index (χ1v) is 7.45. The van der Waals surface area contributed by atoms with Crippen molar-refractivity contribution >= 4 is 10.8 Å². The maximum Gasteiger partial charge on any atom is 0.0568 e. The Morgan fingerprint density at radius 3 is 2.88 bits per heavy atom. The maximum absolute atomic E-state index is 12.0. The SMILES string of the molecule is O=S(C/C=C1/CC2C=CCC12)c1ccccc1. The topological polar surface area (TPSA) is 17.1 Å². The highest BCUT2D eigenvalue weighted by molar-refractivity contribution is 7.85. The molecule has 2 heteroatoms. The molecule has 0 N–H and O–H groups in total.